The van der Waals surface area contributed by atoms with Gasteiger partial charge in [0.25, 0.3) is 0 Å². The van der Waals surface area contributed by atoms with E-state index in [2.05, 4.69) is 10.3 Å². The molecule has 18 heavy (non-hydrogen) atoms. The average molecular weight is 267 g/mol. The van der Waals surface area contributed by atoms with E-state index in [0.717, 1.165) is 0 Å². The predicted molar refractivity (Wildman–Crippen MR) is 63.3 cm³/mol. The molecule has 2 aliphatic rings. The Kier molecular flexibility index (Phi) is 2.69. The van der Waals surface area contributed by atoms with Gasteiger partial charge in [0.1, 0.15) is 4.90 Å². The van der Waals surface area contributed by atoms with Gasteiger partial charge >= 0.3 is 0 Å². The lowest BCUT2D eigenvalue weighted by Crippen LogP contribution is -2.38. The number of fused-ring (bicyclic) bond motifs is 1. The van der Waals surface area contributed by atoms with Crippen LogP contribution in [0.5, 0.6) is 0 Å². The monoisotopic (exact) mass is 267 g/mol. The first-order valence-electron chi connectivity index (χ1n) is 5.79. The maximum absolute atomic E-state index is 12.4. The number of nitrogens with one attached hydrogen (secondary N) is 1. The van der Waals surface area contributed by atoms with Crippen LogP contribution in [0, 0.1) is 0 Å². The highest BCUT2D eigenvalue weighted by atomic mass is 32.2. The molecule has 0 aromatic carbocycles. The molecule has 7 heteroatoms. The van der Waals surface area contributed by atoms with Crippen molar-refractivity contribution in [2.24, 2.45) is 0 Å². The Morgan fingerprint density at radius 1 is 1.44 bits per heavy atom. The van der Waals surface area contributed by atoms with Crippen LogP contribution in [-0.4, -0.2) is 48.7 Å². The van der Waals surface area contributed by atoms with Gasteiger partial charge in [0.2, 0.25) is 10.0 Å². The minimum absolute atomic E-state index is 0.0421. The zero-order chi connectivity index (χ0) is 12.8. The second-order valence-electron chi connectivity index (χ2n) is 4.49. The van der Waals surface area contributed by atoms with E-state index in [1.54, 1.807) is 6.07 Å². The summed E-state index contributed by atoms with van der Waals surface area (Å²) in [4.78, 5) is 15.7. The molecule has 3 rings (SSSR count). The molecule has 0 amide bonds. The Hall–Kier alpha value is -1.31. The van der Waals surface area contributed by atoms with Crippen LogP contribution in [0.1, 0.15) is 6.42 Å². The highest BCUT2D eigenvalue weighted by Gasteiger charge is 2.48. The molecule has 1 N–H and O–H groups in total. The Morgan fingerprint density at radius 3 is 3.00 bits per heavy atom. The van der Waals surface area contributed by atoms with Gasteiger partial charge in [-0.15, -0.1) is 0 Å². The number of hydrogen-bond acceptors (Lipinski definition) is 5. The topological polar surface area (TPSA) is 79.4 Å². The summed E-state index contributed by atoms with van der Waals surface area (Å²) in [5.41, 5.74) is 0. The first-order chi connectivity index (χ1) is 8.60. The molecular weight excluding hydrogens is 254 g/mol. The van der Waals surface area contributed by atoms with E-state index < -0.39 is 10.0 Å². The largest absolute Gasteiger partial charge is 0.306 e. The molecule has 1 aromatic heterocycles. The third-order valence-electron chi connectivity index (χ3n) is 3.46. The summed E-state index contributed by atoms with van der Waals surface area (Å²) < 4.78 is 26.2. The van der Waals surface area contributed by atoms with Crippen LogP contribution in [0.4, 0.5) is 0 Å². The van der Waals surface area contributed by atoms with Gasteiger partial charge in [-0.2, -0.15) is 4.31 Å². The van der Waals surface area contributed by atoms with Gasteiger partial charge in [-0.3, -0.25) is 9.78 Å². The molecule has 0 bridgehead atoms. The van der Waals surface area contributed by atoms with Crippen molar-refractivity contribution in [1.82, 2.24) is 14.6 Å². The normalized spacial score (nSPS) is 28.6. The quantitative estimate of drug-likeness (QED) is 0.773. The first kappa shape index (κ1) is 11.8. The van der Waals surface area contributed by atoms with Crippen molar-refractivity contribution in [1.29, 1.82) is 0 Å². The maximum atomic E-state index is 12.4. The molecule has 6 nitrogen and oxygen atoms in total. The van der Waals surface area contributed by atoms with Gasteiger partial charge in [-0.1, -0.05) is 0 Å². The molecule has 1 aromatic rings. The second-order valence-corrected chi connectivity index (χ2v) is 6.38. The van der Waals surface area contributed by atoms with Crippen molar-refractivity contribution in [3.63, 3.8) is 0 Å². The molecule has 0 spiro atoms. The number of pyridine rings is 1. The van der Waals surface area contributed by atoms with Gasteiger partial charge in [-0.25, -0.2) is 8.42 Å². The SMILES string of the molecule is O=C1CN(S(=O)(=O)c2cccnc2)C2CCNC12. The van der Waals surface area contributed by atoms with Crippen LogP contribution in [0.2, 0.25) is 0 Å². The van der Waals surface area contributed by atoms with Crippen molar-refractivity contribution in [2.75, 3.05) is 13.1 Å². The predicted octanol–water partition coefficient (Wildman–Crippen LogP) is -0.615. The Morgan fingerprint density at radius 2 is 2.28 bits per heavy atom. The summed E-state index contributed by atoms with van der Waals surface area (Å²) in [5, 5.41) is 3.05. The summed E-state index contributed by atoms with van der Waals surface area (Å²) in [6, 6.07) is 2.50. The molecular formula is C11H13N3O3S. The van der Waals surface area contributed by atoms with Crippen LogP contribution in [-0.2, 0) is 14.8 Å². The molecule has 0 radical (unpaired) electrons. The first-order valence-corrected chi connectivity index (χ1v) is 7.23. The molecule has 2 aliphatic heterocycles. The number of aromatic nitrogens is 1. The number of carbonyl (C=O) groups excluding carboxylic acids is 1. The molecule has 3 heterocycles. The van der Waals surface area contributed by atoms with Gasteiger partial charge in [0.15, 0.2) is 5.78 Å². The maximum Gasteiger partial charge on any atom is 0.245 e. The van der Waals surface area contributed by atoms with Gasteiger partial charge in [0, 0.05) is 18.4 Å². The Labute approximate surface area is 105 Å². The molecule has 96 valence electrons. The van der Waals surface area contributed by atoms with Crippen molar-refractivity contribution in [3.05, 3.63) is 24.5 Å². The van der Waals surface area contributed by atoms with E-state index in [1.807, 2.05) is 0 Å². The lowest BCUT2D eigenvalue weighted by molar-refractivity contribution is -0.118. The third-order valence-corrected chi connectivity index (χ3v) is 5.31. The van der Waals surface area contributed by atoms with Crippen LogP contribution >= 0.6 is 0 Å². The smallest absolute Gasteiger partial charge is 0.245 e. The van der Waals surface area contributed by atoms with E-state index in [-0.39, 0.29) is 29.3 Å². The van der Waals surface area contributed by atoms with Gasteiger partial charge < -0.3 is 5.32 Å². The molecule has 2 atom stereocenters. The zero-order valence-corrected chi connectivity index (χ0v) is 10.4. The van der Waals surface area contributed by atoms with E-state index in [1.165, 1.54) is 22.8 Å². The fourth-order valence-electron chi connectivity index (χ4n) is 2.60. The number of carbonyl (C=O) groups is 1. The minimum Gasteiger partial charge on any atom is -0.306 e. The summed E-state index contributed by atoms with van der Waals surface area (Å²) >= 11 is 0. The molecule has 2 unspecified atom stereocenters. The standard InChI is InChI=1S/C11H13N3O3S/c15-10-7-14(9-3-5-13-11(9)10)18(16,17)8-2-1-4-12-6-8/h1-2,4,6,9,11,13H,3,5,7H2. The summed E-state index contributed by atoms with van der Waals surface area (Å²) in [7, 11) is -3.62. The summed E-state index contributed by atoms with van der Waals surface area (Å²) in [6.07, 6.45) is 3.51. The van der Waals surface area contributed by atoms with Gasteiger partial charge in [0.05, 0.1) is 12.6 Å². The van der Waals surface area contributed by atoms with Gasteiger partial charge in [-0.05, 0) is 25.1 Å². The second kappa shape index (κ2) is 4.11. The molecule has 0 saturated carbocycles. The summed E-state index contributed by atoms with van der Waals surface area (Å²) in [6.45, 7) is 0.639. The number of rotatable bonds is 2. The van der Waals surface area contributed by atoms with Crippen LogP contribution in [0.3, 0.4) is 0 Å². The number of sulfonamides is 1. The third kappa shape index (κ3) is 1.66. The van der Waals surface area contributed by atoms with E-state index in [4.69, 9.17) is 0 Å². The van der Waals surface area contributed by atoms with Crippen molar-refractivity contribution in [2.45, 2.75) is 23.4 Å². The van der Waals surface area contributed by atoms with Crippen LogP contribution < -0.4 is 5.32 Å². The molecule has 0 aliphatic carbocycles. The number of nitrogens with zero attached hydrogens (tertiary/aromatic N) is 2. The lowest BCUT2D eigenvalue weighted by atomic mass is 10.1. The highest BCUT2D eigenvalue weighted by molar-refractivity contribution is 7.89. The van der Waals surface area contributed by atoms with E-state index in [0.29, 0.717) is 13.0 Å². The molecule has 2 fully saturated rings. The fourth-order valence-corrected chi connectivity index (χ4v) is 4.19. The van der Waals surface area contributed by atoms with Crippen molar-refractivity contribution < 1.29 is 13.2 Å². The highest BCUT2D eigenvalue weighted by Crippen LogP contribution is 2.28. The summed E-state index contributed by atoms with van der Waals surface area (Å²) in [5.74, 6) is -0.0510. The fraction of sp³-hybridized carbons (Fsp3) is 0.455. The Bertz CT molecular complexity index is 572. The molecule has 2 saturated heterocycles. The number of hydrogen-bond donors (Lipinski definition) is 1. The number of Topliss-reactive ketones (excluding diaryl/α,β-unsaturated/α-hetero) is 1. The van der Waals surface area contributed by atoms with Crippen LogP contribution in [0.25, 0.3) is 0 Å². The van der Waals surface area contributed by atoms with Crippen LogP contribution in [0.15, 0.2) is 29.4 Å². The zero-order valence-electron chi connectivity index (χ0n) is 9.61. The lowest BCUT2D eigenvalue weighted by Gasteiger charge is -2.21. The van der Waals surface area contributed by atoms with E-state index >= 15 is 0 Å². The average Bonchev–Trinajstić information content (AvgIpc) is 2.95. The number of ketones is 1. The minimum atomic E-state index is -3.62. The van der Waals surface area contributed by atoms with Crippen molar-refractivity contribution >= 4 is 15.8 Å². The van der Waals surface area contributed by atoms with E-state index in [9.17, 15) is 13.2 Å². The van der Waals surface area contributed by atoms with Crippen molar-refractivity contribution in [3.8, 4) is 0 Å². The Balaban J connectivity index is 1.98.